The van der Waals surface area contributed by atoms with Gasteiger partial charge >= 0.3 is 0 Å². The van der Waals surface area contributed by atoms with Crippen molar-refractivity contribution >= 4 is 17.3 Å². The van der Waals surface area contributed by atoms with E-state index >= 15 is 0 Å². The van der Waals surface area contributed by atoms with Gasteiger partial charge in [-0.3, -0.25) is 5.01 Å². The van der Waals surface area contributed by atoms with E-state index < -0.39 is 5.72 Å². The van der Waals surface area contributed by atoms with Gasteiger partial charge in [-0.05, 0) is 44.3 Å². The largest absolute Gasteiger partial charge is 0.369 e. The molecule has 1 heterocycles. The first kappa shape index (κ1) is 12.6. The fraction of sp³-hybridized carbons (Fsp3) is 0.923. The highest BCUT2D eigenvalue weighted by Crippen LogP contribution is 2.49. The lowest BCUT2D eigenvalue weighted by molar-refractivity contribution is -0.182. The molecular weight excluding hydrogens is 246 g/mol. The van der Waals surface area contributed by atoms with Crippen molar-refractivity contribution in [3.63, 3.8) is 0 Å². The predicted molar refractivity (Wildman–Crippen MR) is 74.5 cm³/mol. The van der Waals surface area contributed by atoms with Gasteiger partial charge in [0.05, 0.1) is 0 Å². The van der Waals surface area contributed by atoms with Crippen LogP contribution in [0.4, 0.5) is 0 Å². The standard InChI is InChI=1S/C13H23N3OS/c14-16-11(18)15-12(7-3-1-4-8-12)10-6-2-5-9-13(10,16)17/h10,17H,1-9,14H2,(H,15,18). The van der Waals surface area contributed by atoms with Gasteiger partial charge in [-0.25, -0.2) is 5.84 Å². The molecule has 0 aromatic carbocycles. The first-order valence-corrected chi connectivity index (χ1v) is 7.59. The van der Waals surface area contributed by atoms with Gasteiger partial charge in [0.25, 0.3) is 0 Å². The van der Waals surface area contributed by atoms with Crippen LogP contribution >= 0.6 is 12.2 Å². The summed E-state index contributed by atoms with van der Waals surface area (Å²) in [5.41, 5.74) is -0.918. The van der Waals surface area contributed by atoms with Crippen molar-refractivity contribution in [2.24, 2.45) is 11.8 Å². The summed E-state index contributed by atoms with van der Waals surface area (Å²) in [5, 5.41) is 16.4. The molecule has 4 N–H and O–H groups in total. The lowest BCUT2D eigenvalue weighted by Crippen LogP contribution is -2.77. The zero-order chi connectivity index (χ0) is 12.8. The molecule has 0 amide bonds. The number of rotatable bonds is 0. The van der Waals surface area contributed by atoms with Crippen LogP contribution in [0.5, 0.6) is 0 Å². The summed E-state index contributed by atoms with van der Waals surface area (Å²) in [6.45, 7) is 0. The number of hydrazine groups is 1. The summed E-state index contributed by atoms with van der Waals surface area (Å²) in [4.78, 5) is 0. The van der Waals surface area contributed by atoms with Crippen LogP contribution < -0.4 is 11.2 Å². The van der Waals surface area contributed by atoms with Crippen LogP contribution in [0.3, 0.4) is 0 Å². The van der Waals surface area contributed by atoms with Crippen molar-refractivity contribution in [2.45, 2.75) is 69.1 Å². The van der Waals surface area contributed by atoms with Crippen LogP contribution in [0, 0.1) is 5.92 Å². The summed E-state index contributed by atoms with van der Waals surface area (Å²) in [6.07, 6.45) is 10.0. The Morgan fingerprint density at radius 2 is 1.83 bits per heavy atom. The first-order valence-electron chi connectivity index (χ1n) is 7.18. The average Bonchev–Trinajstić information content (AvgIpc) is 2.38. The number of nitrogens with two attached hydrogens (primary N) is 1. The molecule has 3 rings (SSSR count). The second-order valence-corrected chi connectivity index (χ2v) is 6.58. The Labute approximate surface area is 114 Å². The van der Waals surface area contributed by atoms with E-state index in [1.54, 1.807) is 0 Å². The van der Waals surface area contributed by atoms with Crippen molar-refractivity contribution in [2.75, 3.05) is 0 Å². The van der Waals surface area contributed by atoms with Gasteiger partial charge in [0.15, 0.2) is 10.8 Å². The maximum Gasteiger partial charge on any atom is 0.186 e. The van der Waals surface area contributed by atoms with E-state index in [0.717, 1.165) is 32.1 Å². The average molecular weight is 269 g/mol. The monoisotopic (exact) mass is 269 g/mol. The molecule has 2 unspecified atom stereocenters. The fourth-order valence-corrected chi connectivity index (χ4v) is 4.70. The Bertz CT molecular complexity index is 356. The first-order chi connectivity index (χ1) is 8.58. The quantitative estimate of drug-likeness (QED) is 0.461. The highest BCUT2D eigenvalue weighted by Gasteiger charge is 2.58. The molecule has 1 aliphatic heterocycles. The van der Waals surface area contributed by atoms with Gasteiger partial charge in [-0.1, -0.05) is 25.7 Å². The van der Waals surface area contributed by atoms with Crippen LogP contribution in [-0.4, -0.2) is 26.5 Å². The minimum absolute atomic E-state index is 0.000370. The Kier molecular flexibility index (Phi) is 3.03. The molecule has 2 atom stereocenters. The molecule has 18 heavy (non-hydrogen) atoms. The van der Waals surface area contributed by atoms with Crippen molar-refractivity contribution < 1.29 is 5.11 Å². The third kappa shape index (κ3) is 1.67. The third-order valence-corrected chi connectivity index (χ3v) is 5.55. The highest BCUT2D eigenvalue weighted by molar-refractivity contribution is 7.80. The fourth-order valence-electron chi connectivity index (χ4n) is 4.34. The minimum Gasteiger partial charge on any atom is -0.369 e. The maximum atomic E-state index is 11.0. The summed E-state index contributed by atoms with van der Waals surface area (Å²) >= 11 is 5.35. The third-order valence-electron chi connectivity index (χ3n) is 5.25. The summed E-state index contributed by atoms with van der Waals surface area (Å²) in [7, 11) is 0. The van der Waals surface area contributed by atoms with Gasteiger partial charge in [0.2, 0.25) is 0 Å². The molecule has 0 aromatic heterocycles. The van der Waals surface area contributed by atoms with Crippen LogP contribution in [0.1, 0.15) is 57.8 Å². The number of nitrogens with one attached hydrogen (secondary N) is 1. The number of aliphatic hydroxyl groups is 1. The van der Waals surface area contributed by atoms with Crippen LogP contribution in [0.15, 0.2) is 0 Å². The molecule has 0 aromatic rings. The van der Waals surface area contributed by atoms with Crippen LogP contribution in [0.25, 0.3) is 0 Å². The smallest absolute Gasteiger partial charge is 0.186 e. The van der Waals surface area contributed by atoms with E-state index in [1.165, 1.54) is 30.7 Å². The lowest BCUT2D eigenvalue weighted by Gasteiger charge is -2.60. The molecule has 5 heteroatoms. The lowest BCUT2D eigenvalue weighted by atomic mass is 9.62. The minimum atomic E-state index is -0.919. The predicted octanol–water partition coefficient (Wildman–Crippen LogP) is 1.63. The van der Waals surface area contributed by atoms with Crippen molar-refractivity contribution in [3.8, 4) is 0 Å². The normalized spacial score (nSPS) is 39.3. The van der Waals surface area contributed by atoms with E-state index in [9.17, 15) is 5.11 Å². The van der Waals surface area contributed by atoms with E-state index in [1.807, 2.05) is 0 Å². The summed E-state index contributed by atoms with van der Waals surface area (Å²) in [6, 6.07) is 0. The number of hydrogen-bond donors (Lipinski definition) is 3. The Morgan fingerprint density at radius 1 is 1.17 bits per heavy atom. The Hall–Kier alpha value is -0.390. The zero-order valence-corrected chi connectivity index (χ0v) is 11.6. The van der Waals surface area contributed by atoms with Crippen molar-refractivity contribution in [1.82, 2.24) is 10.3 Å². The second kappa shape index (κ2) is 4.32. The van der Waals surface area contributed by atoms with Gasteiger partial charge in [0.1, 0.15) is 0 Å². The van der Waals surface area contributed by atoms with E-state index in [4.69, 9.17) is 18.1 Å². The molecule has 102 valence electrons. The summed E-state index contributed by atoms with van der Waals surface area (Å²) < 4.78 is 0. The number of fused-ring (bicyclic) bond motifs is 2. The molecule has 1 spiro atoms. The number of thiocarbonyl (C=S) groups is 1. The molecular formula is C13H23N3OS. The van der Waals surface area contributed by atoms with Crippen molar-refractivity contribution in [3.05, 3.63) is 0 Å². The SMILES string of the molecule is NN1C(=S)NC2(CCCCC2)C2CCCCC21O. The zero-order valence-electron chi connectivity index (χ0n) is 10.8. The van der Waals surface area contributed by atoms with Gasteiger partial charge in [-0.15, -0.1) is 0 Å². The van der Waals surface area contributed by atoms with Crippen LogP contribution in [-0.2, 0) is 0 Å². The second-order valence-electron chi connectivity index (χ2n) is 6.19. The molecule has 3 aliphatic rings. The molecule has 0 bridgehead atoms. The molecule has 2 saturated carbocycles. The van der Waals surface area contributed by atoms with Gasteiger partial charge in [-0.2, -0.15) is 0 Å². The van der Waals surface area contributed by atoms with Crippen molar-refractivity contribution in [1.29, 1.82) is 0 Å². The molecule has 0 radical (unpaired) electrons. The highest BCUT2D eigenvalue weighted by atomic mass is 32.1. The van der Waals surface area contributed by atoms with Gasteiger partial charge < -0.3 is 10.4 Å². The van der Waals surface area contributed by atoms with E-state index in [-0.39, 0.29) is 11.5 Å². The number of nitrogens with zero attached hydrogens (tertiary/aromatic N) is 1. The van der Waals surface area contributed by atoms with Crippen LogP contribution in [0.2, 0.25) is 0 Å². The Morgan fingerprint density at radius 3 is 2.56 bits per heavy atom. The molecule has 2 aliphatic carbocycles. The maximum absolute atomic E-state index is 11.0. The van der Waals surface area contributed by atoms with E-state index in [2.05, 4.69) is 5.32 Å². The molecule has 1 saturated heterocycles. The Balaban J connectivity index is 1.97. The number of hydrogen-bond acceptors (Lipinski definition) is 3. The van der Waals surface area contributed by atoms with Gasteiger partial charge in [0, 0.05) is 11.5 Å². The topological polar surface area (TPSA) is 61.5 Å². The summed E-state index contributed by atoms with van der Waals surface area (Å²) in [5.74, 6) is 6.26. The van der Waals surface area contributed by atoms with E-state index in [0.29, 0.717) is 5.11 Å². The molecule has 3 fully saturated rings. The molecule has 4 nitrogen and oxygen atoms in total.